The molecular weight excluding hydrogens is 321 g/mol. The maximum Gasteiger partial charge on any atom is 0.127 e. The van der Waals surface area contributed by atoms with Crippen molar-refractivity contribution in [2.45, 2.75) is 25.5 Å². The van der Waals surface area contributed by atoms with Gasteiger partial charge in [0.15, 0.2) is 0 Å². The minimum atomic E-state index is -0.280. The second kappa shape index (κ2) is 5.19. The van der Waals surface area contributed by atoms with E-state index in [1.54, 1.807) is 6.07 Å². The van der Waals surface area contributed by atoms with Gasteiger partial charge in [-0.05, 0) is 36.8 Å². The van der Waals surface area contributed by atoms with Crippen LogP contribution in [0.25, 0.3) is 0 Å². The molecule has 104 valence electrons. The minimum absolute atomic E-state index is 0.113. The Morgan fingerprint density at radius 3 is 2.75 bits per heavy atom. The van der Waals surface area contributed by atoms with Crippen molar-refractivity contribution >= 4 is 15.9 Å². The van der Waals surface area contributed by atoms with Gasteiger partial charge in [0, 0.05) is 28.1 Å². The first-order chi connectivity index (χ1) is 9.54. The van der Waals surface area contributed by atoms with Crippen molar-refractivity contribution < 1.29 is 9.13 Å². The molecule has 1 heterocycles. The topological polar surface area (TPSA) is 35.2 Å². The molecule has 0 fully saturated rings. The van der Waals surface area contributed by atoms with Crippen molar-refractivity contribution in [3.63, 3.8) is 0 Å². The molecule has 2 atom stereocenters. The number of ether oxygens (including phenoxy) is 1. The molecule has 0 saturated heterocycles. The van der Waals surface area contributed by atoms with E-state index in [1.807, 2.05) is 13.0 Å². The Bertz CT molecular complexity index is 659. The molecule has 2 N–H and O–H groups in total. The lowest BCUT2D eigenvalue weighted by Gasteiger charge is -2.31. The number of benzene rings is 2. The van der Waals surface area contributed by atoms with Gasteiger partial charge in [0.2, 0.25) is 0 Å². The highest BCUT2D eigenvalue weighted by atomic mass is 79.9. The van der Waals surface area contributed by atoms with Gasteiger partial charge < -0.3 is 10.5 Å². The molecule has 0 bridgehead atoms. The number of aryl methyl sites for hydroxylation is 1. The molecule has 1 aliphatic heterocycles. The Labute approximate surface area is 125 Å². The van der Waals surface area contributed by atoms with Crippen molar-refractivity contribution in [2.75, 3.05) is 0 Å². The molecule has 0 saturated carbocycles. The van der Waals surface area contributed by atoms with Gasteiger partial charge in [-0.15, -0.1) is 0 Å². The van der Waals surface area contributed by atoms with Crippen LogP contribution in [0.2, 0.25) is 0 Å². The third kappa shape index (κ3) is 2.45. The van der Waals surface area contributed by atoms with Gasteiger partial charge in [-0.25, -0.2) is 4.39 Å². The molecule has 2 unspecified atom stereocenters. The van der Waals surface area contributed by atoms with Crippen LogP contribution < -0.4 is 10.5 Å². The van der Waals surface area contributed by atoms with Crippen LogP contribution in [-0.4, -0.2) is 0 Å². The molecule has 3 rings (SSSR count). The molecule has 0 aromatic heterocycles. The third-order valence-corrected chi connectivity index (χ3v) is 4.30. The van der Waals surface area contributed by atoms with Crippen molar-refractivity contribution in [3.05, 3.63) is 63.4 Å². The van der Waals surface area contributed by atoms with E-state index in [9.17, 15) is 4.39 Å². The second-order valence-corrected chi connectivity index (χ2v) is 6.01. The number of rotatable bonds is 1. The second-order valence-electron chi connectivity index (χ2n) is 5.16. The van der Waals surface area contributed by atoms with E-state index in [0.717, 1.165) is 15.6 Å². The largest absolute Gasteiger partial charge is 0.485 e. The van der Waals surface area contributed by atoms with Crippen LogP contribution in [0.3, 0.4) is 0 Å². The van der Waals surface area contributed by atoms with Gasteiger partial charge in [-0.1, -0.05) is 28.1 Å². The fourth-order valence-electron chi connectivity index (χ4n) is 2.56. The van der Waals surface area contributed by atoms with Crippen molar-refractivity contribution in [1.29, 1.82) is 0 Å². The van der Waals surface area contributed by atoms with Crippen molar-refractivity contribution in [1.82, 2.24) is 0 Å². The maximum absolute atomic E-state index is 13.3. The number of fused-ring (bicyclic) bond motifs is 1. The van der Waals surface area contributed by atoms with Crippen LogP contribution in [0.5, 0.6) is 5.75 Å². The number of hydrogen-bond acceptors (Lipinski definition) is 2. The molecule has 4 heteroatoms. The highest BCUT2D eigenvalue weighted by Crippen LogP contribution is 2.41. The average Bonchev–Trinajstić information content (AvgIpc) is 2.39. The Balaban J connectivity index is 1.97. The maximum atomic E-state index is 13.3. The molecule has 0 amide bonds. The lowest BCUT2D eigenvalue weighted by Crippen LogP contribution is -2.24. The first kappa shape index (κ1) is 13.6. The molecule has 2 nitrogen and oxygen atoms in total. The Morgan fingerprint density at radius 1 is 1.20 bits per heavy atom. The summed E-state index contributed by atoms with van der Waals surface area (Å²) in [5, 5.41) is 0. The smallest absolute Gasteiger partial charge is 0.127 e. The summed E-state index contributed by atoms with van der Waals surface area (Å²) in [4.78, 5) is 0. The lowest BCUT2D eigenvalue weighted by atomic mass is 9.93. The van der Waals surface area contributed by atoms with E-state index in [0.29, 0.717) is 12.2 Å². The summed E-state index contributed by atoms with van der Waals surface area (Å²) in [6, 6.07) is 10.5. The normalized spacial score (nSPS) is 21.2. The van der Waals surface area contributed by atoms with Gasteiger partial charge in [0.05, 0.1) is 0 Å². The molecule has 1 aliphatic rings. The predicted molar refractivity (Wildman–Crippen MR) is 80.2 cm³/mol. The summed E-state index contributed by atoms with van der Waals surface area (Å²) >= 11 is 3.57. The third-order valence-electron chi connectivity index (χ3n) is 3.61. The van der Waals surface area contributed by atoms with Crippen LogP contribution in [0.4, 0.5) is 4.39 Å². The standard InChI is InChI=1S/C16H15BrFNO/c1-9-2-4-11(13(17)6-9)16-8-14(19)12-7-10(18)3-5-15(12)20-16/h2-7,14,16H,8,19H2,1H3. The van der Waals surface area contributed by atoms with E-state index in [4.69, 9.17) is 10.5 Å². The highest BCUT2D eigenvalue weighted by Gasteiger charge is 2.28. The number of halogens is 2. The van der Waals surface area contributed by atoms with Gasteiger partial charge in [0.1, 0.15) is 17.7 Å². The minimum Gasteiger partial charge on any atom is -0.485 e. The lowest BCUT2D eigenvalue weighted by molar-refractivity contribution is 0.160. The van der Waals surface area contributed by atoms with E-state index < -0.39 is 0 Å². The van der Waals surface area contributed by atoms with Crippen LogP contribution in [0, 0.1) is 12.7 Å². The first-order valence-electron chi connectivity index (χ1n) is 6.52. The Kier molecular flexibility index (Phi) is 3.52. The van der Waals surface area contributed by atoms with E-state index in [1.165, 1.54) is 17.7 Å². The van der Waals surface area contributed by atoms with Crippen LogP contribution >= 0.6 is 15.9 Å². The van der Waals surface area contributed by atoms with Crippen molar-refractivity contribution in [3.8, 4) is 5.75 Å². The quantitative estimate of drug-likeness (QED) is 0.837. The molecule has 0 spiro atoms. The van der Waals surface area contributed by atoms with Crippen LogP contribution in [0.1, 0.15) is 35.3 Å². The molecule has 2 aromatic rings. The fourth-order valence-corrected chi connectivity index (χ4v) is 3.31. The monoisotopic (exact) mass is 335 g/mol. The SMILES string of the molecule is Cc1ccc(C2CC(N)c3cc(F)ccc3O2)c(Br)c1. The summed E-state index contributed by atoms with van der Waals surface area (Å²) in [5.41, 5.74) is 9.16. The molecule has 0 aliphatic carbocycles. The average molecular weight is 336 g/mol. The Hall–Kier alpha value is -1.39. The summed E-state index contributed by atoms with van der Waals surface area (Å²) in [5.74, 6) is 0.389. The van der Waals surface area contributed by atoms with Gasteiger partial charge >= 0.3 is 0 Å². The number of nitrogens with two attached hydrogens (primary N) is 1. The first-order valence-corrected chi connectivity index (χ1v) is 7.31. The zero-order chi connectivity index (χ0) is 14.3. The Morgan fingerprint density at radius 2 is 2.00 bits per heavy atom. The zero-order valence-corrected chi connectivity index (χ0v) is 12.7. The van der Waals surface area contributed by atoms with E-state index in [2.05, 4.69) is 28.1 Å². The van der Waals surface area contributed by atoms with E-state index >= 15 is 0 Å². The summed E-state index contributed by atoms with van der Waals surface area (Å²) in [6.07, 6.45) is 0.524. The van der Waals surface area contributed by atoms with Gasteiger partial charge in [-0.3, -0.25) is 0 Å². The zero-order valence-electron chi connectivity index (χ0n) is 11.1. The predicted octanol–water partition coefficient (Wildman–Crippen LogP) is 4.42. The van der Waals surface area contributed by atoms with Crippen LogP contribution in [0.15, 0.2) is 40.9 Å². The molecular formula is C16H15BrFNO. The molecule has 20 heavy (non-hydrogen) atoms. The summed E-state index contributed by atoms with van der Waals surface area (Å²) in [6.45, 7) is 2.04. The molecule has 0 radical (unpaired) electrons. The van der Waals surface area contributed by atoms with Crippen LogP contribution in [-0.2, 0) is 0 Å². The number of hydrogen-bond donors (Lipinski definition) is 1. The van der Waals surface area contributed by atoms with Crippen molar-refractivity contribution in [2.24, 2.45) is 5.73 Å². The van der Waals surface area contributed by atoms with Gasteiger partial charge in [0.25, 0.3) is 0 Å². The highest BCUT2D eigenvalue weighted by molar-refractivity contribution is 9.10. The van der Waals surface area contributed by atoms with E-state index in [-0.39, 0.29) is 18.0 Å². The molecule has 2 aromatic carbocycles. The summed E-state index contributed by atoms with van der Waals surface area (Å²) in [7, 11) is 0. The summed E-state index contributed by atoms with van der Waals surface area (Å²) < 4.78 is 20.3. The van der Waals surface area contributed by atoms with Gasteiger partial charge in [-0.2, -0.15) is 0 Å². The fraction of sp³-hybridized carbons (Fsp3) is 0.250.